The monoisotopic (exact) mass is 698 g/mol. The van der Waals surface area contributed by atoms with Gasteiger partial charge in [-0.25, -0.2) is 0 Å². The van der Waals surface area contributed by atoms with Crippen LogP contribution in [0.4, 0.5) is 0 Å². The molecule has 11 nitrogen and oxygen atoms in total. The number of methoxy groups -OCH3 is 3. The molecule has 1 aliphatic carbocycles. The van der Waals surface area contributed by atoms with E-state index in [0.717, 1.165) is 12.0 Å². The van der Waals surface area contributed by atoms with Gasteiger partial charge in [0.1, 0.15) is 39.4 Å². The van der Waals surface area contributed by atoms with E-state index >= 15 is 0 Å². The molecule has 3 aromatic carbocycles. The average molecular weight is 699 g/mol. The van der Waals surface area contributed by atoms with Crippen molar-refractivity contribution in [2.75, 3.05) is 34.4 Å². The summed E-state index contributed by atoms with van der Waals surface area (Å²) in [5, 5.41) is 2.77. The maximum absolute atomic E-state index is 14.8. The number of ketones is 2. The smallest absolute Gasteiger partial charge is 0.242 e. The number of rotatable bonds is 8. The van der Waals surface area contributed by atoms with Gasteiger partial charge in [0, 0.05) is 42.6 Å². The maximum Gasteiger partial charge on any atom is 0.242 e. The number of benzene rings is 3. The van der Waals surface area contributed by atoms with Gasteiger partial charge in [-0.1, -0.05) is 42.8 Å². The molecule has 50 heavy (non-hydrogen) atoms. The zero-order valence-corrected chi connectivity index (χ0v) is 28.8. The highest BCUT2D eigenvalue weighted by Crippen LogP contribution is 2.54. The highest BCUT2D eigenvalue weighted by atomic mass is 35.5. The van der Waals surface area contributed by atoms with Crippen molar-refractivity contribution in [3.63, 3.8) is 0 Å². The van der Waals surface area contributed by atoms with Gasteiger partial charge in [0.05, 0.1) is 39.9 Å². The molecule has 1 N–H and O–H groups in total. The number of halogens is 1. The minimum Gasteiger partial charge on any atom is -0.497 e. The zero-order valence-electron chi connectivity index (χ0n) is 28.0. The topological polar surface area (TPSA) is 134 Å². The molecular formula is C38H35ClN2O9. The van der Waals surface area contributed by atoms with Crippen molar-refractivity contribution in [3.8, 4) is 34.3 Å². The maximum atomic E-state index is 14.8. The summed E-state index contributed by atoms with van der Waals surface area (Å²) in [5.74, 6) is -1.06. The van der Waals surface area contributed by atoms with Crippen LogP contribution in [0.15, 0.2) is 59.0 Å². The van der Waals surface area contributed by atoms with Crippen molar-refractivity contribution < 1.29 is 42.5 Å². The minimum absolute atomic E-state index is 0.00599. The summed E-state index contributed by atoms with van der Waals surface area (Å²) in [6.45, 7) is 2.53. The fourth-order valence-electron chi connectivity index (χ4n) is 7.19. The minimum atomic E-state index is -1.99. The average Bonchev–Trinajstić information content (AvgIpc) is 3.65. The van der Waals surface area contributed by atoms with Crippen LogP contribution in [0.25, 0.3) is 11.3 Å². The summed E-state index contributed by atoms with van der Waals surface area (Å²) < 4.78 is 28.9. The summed E-state index contributed by atoms with van der Waals surface area (Å²) in [4.78, 5) is 57.6. The summed E-state index contributed by atoms with van der Waals surface area (Å²) in [7, 11) is 4.37. The second kappa shape index (κ2) is 12.9. The van der Waals surface area contributed by atoms with E-state index in [1.807, 2.05) is 18.2 Å². The van der Waals surface area contributed by atoms with Gasteiger partial charge in [-0.3, -0.25) is 19.2 Å². The van der Waals surface area contributed by atoms with Crippen molar-refractivity contribution in [2.45, 2.75) is 38.3 Å². The Morgan fingerprint density at radius 3 is 2.36 bits per heavy atom. The number of hydrogen-bond donors (Lipinski definition) is 1. The highest BCUT2D eigenvalue weighted by molar-refractivity contribution is 6.36. The van der Waals surface area contributed by atoms with E-state index < -0.39 is 29.0 Å². The Labute approximate surface area is 293 Å². The summed E-state index contributed by atoms with van der Waals surface area (Å²) in [5.41, 5.74) is 1.30. The van der Waals surface area contributed by atoms with Gasteiger partial charge in [-0.05, 0) is 41.8 Å². The quantitative estimate of drug-likeness (QED) is 0.245. The molecule has 2 amide bonds. The van der Waals surface area contributed by atoms with Crippen LogP contribution in [0.1, 0.15) is 50.1 Å². The van der Waals surface area contributed by atoms with Gasteiger partial charge in [-0.2, -0.15) is 0 Å². The fourth-order valence-corrected chi connectivity index (χ4v) is 7.46. The van der Waals surface area contributed by atoms with Crippen molar-refractivity contribution in [1.82, 2.24) is 10.2 Å². The lowest BCUT2D eigenvalue weighted by atomic mass is 9.70. The first kappa shape index (κ1) is 33.2. The SMILES string of the molecule is COc1ccc(-c2oc3c(c2CC(=O)NCC(=O)N2CCc4ccccc4C2)C(=O)[C@@]2(Oc4c(Cl)c(OC)cc(OC)c4C2=O)[C@H](C)C3)cc1. The summed E-state index contributed by atoms with van der Waals surface area (Å²) >= 11 is 6.62. The van der Waals surface area contributed by atoms with Crippen LogP contribution < -0.4 is 24.3 Å². The summed E-state index contributed by atoms with van der Waals surface area (Å²) in [6.07, 6.45) is 0.585. The zero-order chi connectivity index (χ0) is 35.3. The number of nitrogens with one attached hydrogen (secondary N) is 1. The molecule has 0 unspecified atom stereocenters. The highest BCUT2D eigenvalue weighted by Gasteiger charge is 2.63. The molecule has 258 valence electrons. The van der Waals surface area contributed by atoms with E-state index in [1.165, 1.54) is 25.8 Å². The second-order valence-corrected chi connectivity index (χ2v) is 13.0. The van der Waals surface area contributed by atoms with E-state index in [0.29, 0.717) is 35.9 Å². The lowest BCUT2D eigenvalue weighted by Crippen LogP contribution is -2.56. The van der Waals surface area contributed by atoms with Crippen LogP contribution in [0, 0.1) is 5.92 Å². The van der Waals surface area contributed by atoms with Crippen LogP contribution in [-0.2, 0) is 35.4 Å². The molecule has 2 atom stereocenters. The van der Waals surface area contributed by atoms with Crippen LogP contribution in [0.2, 0.25) is 5.02 Å². The van der Waals surface area contributed by atoms with Gasteiger partial charge < -0.3 is 33.6 Å². The number of carbonyl (C=O) groups is 4. The van der Waals surface area contributed by atoms with E-state index in [4.69, 9.17) is 35.0 Å². The summed E-state index contributed by atoms with van der Waals surface area (Å²) in [6, 6.07) is 16.5. The van der Waals surface area contributed by atoms with Crippen molar-refractivity contribution in [2.24, 2.45) is 5.92 Å². The number of carbonyl (C=O) groups excluding carboxylic acids is 4. The predicted molar refractivity (Wildman–Crippen MR) is 182 cm³/mol. The van der Waals surface area contributed by atoms with Crippen LogP contribution >= 0.6 is 11.6 Å². The Balaban J connectivity index is 1.22. The number of hydrogen-bond acceptors (Lipinski definition) is 9. The number of ether oxygens (including phenoxy) is 4. The molecule has 2 aliphatic heterocycles. The van der Waals surface area contributed by atoms with E-state index in [-0.39, 0.29) is 64.3 Å². The third kappa shape index (κ3) is 5.27. The Morgan fingerprint density at radius 1 is 0.960 bits per heavy atom. The van der Waals surface area contributed by atoms with Crippen molar-refractivity contribution in [3.05, 3.63) is 93.2 Å². The number of amides is 2. The Kier molecular flexibility index (Phi) is 8.55. The number of furan rings is 1. The molecule has 4 aromatic rings. The molecule has 1 aromatic heterocycles. The van der Waals surface area contributed by atoms with Crippen LogP contribution in [0.3, 0.4) is 0 Å². The van der Waals surface area contributed by atoms with Gasteiger partial charge in [0.15, 0.2) is 5.75 Å². The van der Waals surface area contributed by atoms with Crippen molar-refractivity contribution >= 4 is 35.0 Å². The molecule has 7 rings (SSSR count). The van der Waals surface area contributed by atoms with Crippen LogP contribution in [-0.4, -0.2) is 68.3 Å². The molecule has 12 heteroatoms. The van der Waals surface area contributed by atoms with Gasteiger partial charge >= 0.3 is 0 Å². The Hall–Kier alpha value is -5.29. The number of fused-ring (bicyclic) bond motifs is 3. The first-order chi connectivity index (χ1) is 24.1. The molecule has 0 bridgehead atoms. The molecule has 0 saturated heterocycles. The standard InChI is InChI=1S/C38H35ClN2O9/c1-20-15-27-31(36(44)38(20)37(45)32-26(47-3)17-28(48-4)33(39)35(32)50-38)25(34(49-27)22-9-11-24(46-2)12-10-22)16-29(42)40-18-30(43)41-14-13-21-7-5-6-8-23(21)19-41/h5-12,17,20H,13-16,18-19H2,1-4H3,(H,40,42)/t20-,38+/m1/s1. The molecule has 0 fully saturated rings. The second-order valence-electron chi connectivity index (χ2n) is 12.6. The molecule has 3 heterocycles. The Bertz CT molecular complexity index is 2050. The third-order valence-corrected chi connectivity index (χ3v) is 10.2. The lowest BCUT2D eigenvalue weighted by molar-refractivity contribution is -0.133. The Morgan fingerprint density at radius 2 is 1.66 bits per heavy atom. The van der Waals surface area contributed by atoms with E-state index in [2.05, 4.69) is 11.4 Å². The molecule has 1 spiro atoms. The number of Topliss-reactive ketones (excluding diaryl/α,β-unsaturated/α-hetero) is 2. The van der Waals surface area contributed by atoms with Crippen LogP contribution in [0.5, 0.6) is 23.0 Å². The lowest BCUT2D eigenvalue weighted by Gasteiger charge is -2.35. The molecule has 3 aliphatic rings. The first-order valence-corrected chi connectivity index (χ1v) is 16.6. The normalized spacial score (nSPS) is 19.0. The van der Waals surface area contributed by atoms with E-state index in [9.17, 15) is 19.2 Å². The molecule has 0 saturated carbocycles. The fraction of sp³-hybridized carbons (Fsp3) is 0.316. The largest absolute Gasteiger partial charge is 0.497 e. The number of nitrogens with zero attached hydrogens (tertiary/aromatic N) is 1. The third-order valence-electron chi connectivity index (χ3n) is 9.86. The molecular weight excluding hydrogens is 664 g/mol. The van der Waals surface area contributed by atoms with Gasteiger partial charge in [0.25, 0.3) is 0 Å². The predicted octanol–water partition coefficient (Wildman–Crippen LogP) is 5.26. The molecule has 0 radical (unpaired) electrons. The van der Waals surface area contributed by atoms with Gasteiger partial charge in [-0.15, -0.1) is 0 Å². The van der Waals surface area contributed by atoms with E-state index in [1.54, 1.807) is 43.2 Å². The first-order valence-electron chi connectivity index (χ1n) is 16.2. The van der Waals surface area contributed by atoms with Gasteiger partial charge in [0.2, 0.25) is 29.0 Å². The van der Waals surface area contributed by atoms with Crippen molar-refractivity contribution in [1.29, 1.82) is 0 Å².